The van der Waals surface area contributed by atoms with Crippen molar-refractivity contribution in [3.05, 3.63) is 66.7 Å². The maximum atomic E-state index is 12.4. The van der Waals surface area contributed by atoms with Gasteiger partial charge in [-0.1, -0.05) is 18.2 Å². The molecule has 0 aliphatic rings. The van der Waals surface area contributed by atoms with Crippen LogP contribution in [-0.4, -0.2) is 49.4 Å². The number of ether oxygens (including phenoxy) is 1. The summed E-state index contributed by atoms with van der Waals surface area (Å²) < 4.78 is 11.4. The number of hydrogen-bond donors (Lipinski definition) is 3. The van der Waals surface area contributed by atoms with E-state index < -0.39 is 6.10 Å². The van der Waals surface area contributed by atoms with Gasteiger partial charge >= 0.3 is 6.03 Å². The number of rotatable bonds is 7. The number of aliphatic hydroxyl groups is 1. The van der Waals surface area contributed by atoms with Gasteiger partial charge in [-0.3, -0.25) is 0 Å². The Morgan fingerprint density at radius 2 is 1.65 bits per heavy atom. The second kappa shape index (κ2) is 9.07. The van der Waals surface area contributed by atoms with Crippen LogP contribution in [0.15, 0.2) is 71.1 Å². The monoisotopic (exact) mass is 419 g/mol. The molecule has 0 spiro atoms. The molecule has 0 aliphatic heterocycles. The van der Waals surface area contributed by atoms with Crippen LogP contribution in [-0.2, 0) is 0 Å². The number of para-hydroxylation sites is 1. The molecule has 0 saturated carbocycles. The third kappa shape index (κ3) is 5.14. The molecule has 2 amide bonds. The number of urea groups is 1. The minimum Gasteiger partial charge on any atom is -0.491 e. The maximum absolute atomic E-state index is 12.4. The smallest absolute Gasteiger partial charge is 0.323 e. The number of hydrogen-bond acceptors (Lipinski definition) is 5. The number of likely N-dealkylation sites (N-methyl/N-ethyl adjacent to an activating group) is 1. The lowest BCUT2D eigenvalue weighted by molar-refractivity contribution is 0.0831. The van der Waals surface area contributed by atoms with Crippen LogP contribution in [0.1, 0.15) is 0 Å². The average molecular weight is 419 g/mol. The van der Waals surface area contributed by atoms with E-state index >= 15 is 0 Å². The molecule has 7 nitrogen and oxygen atoms in total. The lowest BCUT2D eigenvalue weighted by Crippen LogP contribution is -2.30. The number of nitrogens with one attached hydrogen (secondary N) is 2. The number of carbonyl (C=O) groups is 1. The summed E-state index contributed by atoms with van der Waals surface area (Å²) in [4.78, 5) is 14.3. The fourth-order valence-electron chi connectivity index (χ4n) is 3.40. The summed E-state index contributed by atoms with van der Waals surface area (Å²) in [6, 6.07) is 20.1. The van der Waals surface area contributed by atoms with Crippen molar-refractivity contribution in [2.24, 2.45) is 0 Å². The number of carbonyl (C=O) groups excluding carboxylic acids is 1. The van der Waals surface area contributed by atoms with Gasteiger partial charge in [-0.2, -0.15) is 0 Å². The summed E-state index contributed by atoms with van der Waals surface area (Å²) >= 11 is 0. The van der Waals surface area contributed by atoms with E-state index in [1.54, 1.807) is 24.3 Å². The Balaban J connectivity index is 1.34. The van der Waals surface area contributed by atoms with Crippen molar-refractivity contribution in [1.82, 2.24) is 4.90 Å². The number of fused-ring (bicyclic) bond motifs is 3. The predicted molar refractivity (Wildman–Crippen MR) is 123 cm³/mol. The normalized spacial score (nSPS) is 12.3. The first-order chi connectivity index (χ1) is 15.0. The van der Waals surface area contributed by atoms with Crippen LogP contribution in [0.2, 0.25) is 0 Å². The van der Waals surface area contributed by atoms with Crippen molar-refractivity contribution >= 4 is 39.3 Å². The first-order valence-electron chi connectivity index (χ1n) is 10.0. The van der Waals surface area contributed by atoms with Gasteiger partial charge in [0.15, 0.2) is 0 Å². The van der Waals surface area contributed by atoms with Gasteiger partial charge in [0.1, 0.15) is 29.6 Å². The van der Waals surface area contributed by atoms with Crippen molar-refractivity contribution in [3.63, 3.8) is 0 Å². The second-order valence-electron chi connectivity index (χ2n) is 7.64. The number of amides is 2. The third-order valence-electron chi connectivity index (χ3n) is 4.77. The van der Waals surface area contributed by atoms with Gasteiger partial charge < -0.3 is 29.8 Å². The van der Waals surface area contributed by atoms with E-state index in [-0.39, 0.29) is 12.6 Å². The van der Waals surface area contributed by atoms with Crippen LogP contribution in [0, 0.1) is 0 Å². The van der Waals surface area contributed by atoms with Crippen LogP contribution < -0.4 is 15.4 Å². The summed E-state index contributed by atoms with van der Waals surface area (Å²) in [5.74, 6) is 0.624. The van der Waals surface area contributed by atoms with Crippen molar-refractivity contribution in [1.29, 1.82) is 0 Å². The zero-order chi connectivity index (χ0) is 21.8. The molecule has 1 aromatic heterocycles. The van der Waals surface area contributed by atoms with Crippen LogP contribution in [0.5, 0.6) is 5.75 Å². The van der Waals surface area contributed by atoms with Crippen LogP contribution >= 0.6 is 0 Å². The molecule has 1 unspecified atom stereocenters. The molecule has 7 heteroatoms. The molecule has 160 valence electrons. The number of nitrogens with zero attached hydrogens (tertiary/aromatic N) is 1. The van der Waals surface area contributed by atoms with Crippen LogP contribution in [0.3, 0.4) is 0 Å². The minimum atomic E-state index is -0.567. The van der Waals surface area contributed by atoms with Gasteiger partial charge in [-0.25, -0.2) is 4.79 Å². The van der Waals surface area contributed by atoms with Crippen LogP contribution in [0.25, 0.3) is 21.9 Å². The van der Waals surface area contributed by atoms with Gasteiger partial charge in [-0.05, 0) is 56.6 Å². The van der Waals surface area contributed by atoms with E-state index in [0.29, 0.717) is 23.7 Å². The molecule has 0 radical (unpaired) electrons. The zero-order valence-corrected chi connectivity index (χ0v) is 17.5. The SMILES string of the molecule is CN(C)CC(O)COc1ccc(NC(=O)Nc2ccc3c(c2)oc2ccccc23)cc1. The summed E-state index contributed by atoms with van der Waals surface area (Å²) in [5.41, 5.74) is 2.80. The van der Waals surface area contributed by atoms with Gasteiger partial charge in [0, 0.05) is 34.8 Å². The highest BCUT2D eigenvalue weighted by atomic mass is 16.5. The molecular formula is C24H25N3O4. The van der Waals surface area contributed by atoms with E-state index in [0.717, 1.165) is 21.9 Å². The topological polar surface area (TPSA) is 87.0 Å². The quantitative estimate of drug-likeness (QED) is 0.410. The van der Waals surface area contributed by atoms with Gasteiger partial charge in [0.05, 0.1) is 0 Å². The molecule has 0 bridgehead atoms. The van der Waals surface area contributed by atoms with E-state index in [4.69, 9.17) is 9.15 Å². The molecule has 0 aliphatic carbocycles. The van der Waals surface area contributed by atoms with Crippen molar-refractivity contribution < 1.29 is 19.1 Å². The number of anilines is 2. The van der Waals surface area contributed by atoms with Crippen LogP contribution in [0.4, 0.5) is 16.2 Å². The Hall–Kier alpha value is -3.55. The number of aliphatic hydroxyl groups excluding tert-OH is 1. The second-order valence-corrected chi connectivity index (χ2v) is 7.64. The molecule has 4 rings (SSSR count). The Morgan fingerprint density at radius 3 is 2.42 bits per heavy atom. The fraction of sp³-hybridized carbons (Fsp3) is 0.208. The number of benzene rings is 3. The molecule has 0 fully saturated rings. The Bertz CT molecular complexity index is 1180. The average Bonchev–Trinajstić information content (AvgIpc) is 3.10. The summed E-state index contributed by atoms with van der Waals surface area (Å²) in [6.07, 6.45) is -0.567. The van der Waals surface area contributed by atoms with E-state index in [9.17, 15) is 9.90 Å². The van der Waals surface area contributed by atoms with Gasteiger partial charge in [0.25, 0.3) is 0 Å². The molecule has 3 N–H and O–H groups in total. The molecule has 1 heterocycles. The third-order valence-corrected chi connectivity index (χ3v) is 4.77. The summed E-state index contributed by atoms with van der Waals surface area (Å²) in [6.45, 7) is 0.731. The molecule has 31 heavy (non-hydrogen) atoms. The Morgan fingerprint density at radius 1 is 0.968 bits per heavy atom. The van der Waals surface area contributed by atoms with E-state index in [1.165, 1.54) is 0 Å². The Labute approximate surface area is 180 Å². The van der Waals surface area contributed by atoms with Gasteiger partial charge in [-0.15, -0.1) is 0 Å². The highest BCUT2D eigenvalue weighted by Crippen LogP contribution is 2.30. The highest BCUT2D eigenvalue weighted by molar-refractivity contribution is 6.07. The lowest BCUT2D eigenvalue weighted by atomic mass is 10.1. The Kier molecular flexibility index (Phi) is 6.06. The minimum absolute atomic E-state index is 0.204. The predicted octanol–water partition coefficient (Wildman–Crippen LogP) is 4.53. The van der Waals surface area contributed by atoms with Crippen molar-refractivity contribution in [2.45, 2.75) is 6.10 Å². The molecule has 0 saturated heterocycles. The fourth-order valence-corrected chi connectivity index (χ4v) is 3.40. The van der Waals surface area contributed by atoms with Gasteiger partial charge in [0.2, 0.25) is 0 Å². The van der Waals surface area contributed by atoms with E-state index in [2.05, 4.69) is 10.6 Å². The van der Waals surface area contributed by atoms with Crippen molar-refractivity contribution in [2.75, 3.05) is 37.9 Å². The standard InChI is InChI=1S/C24H25N3O4/c1-27(2)14-18(28)15-30-19-10-7-16(8-11-19)25-24(29)26-17-9-12-21-20-5-3-4-6-22(20)31-23(21)13-17/h3-13,18,28H,14-15H2,1-2H3,(H2,25,26,29). The molecular weight excluding hydrogens is 394 g/mol. The largest absolute Gasteiger partial charge is 0.491 e. The summed E-state index contributed by atoms with van der Waals surface area (Å²) in [7, 11) is 3.78. The molecule has 1 atom stereocenters. The van der Waals surface area contributed by atoms with E-state index in [1.807, 2.05) is 61.5 Å². The summed E-state index contributed by atoms with van der Waals surface area (Å²) in [5, 5.41) is 17.5. The number of furan rings is 1. The zero-order valence-electron chi connectivity index (χ0n) is 17.5. The first kappa shape index (κ1) is 20.7. The lowest BCUT2D eigenvalue weighted by Gasteiger charge is -2.16. The first-order valence-corrected chi connectivity index (χ1v) is 10.0. The van der Waals surface area contributed by atoms with Crippen molar-refractivity contribution in [3.8, 4) is 5.75 Å². The molecule has 3 aromatic carbocycles. The maximum Gasteiger partial charge on any atom is 0.323 e. The molecule has 4 aromatic rings. The highest BCUT2D eigenvalue weighted by Gasteiger charge is 2.10.